The Morgan fingerprint density at radius 1 is 1.16 bits per heavy atom. The van der Waals surface area contributed by atoms with Gasteiger partial charge >= 0.3 is 0 Å². The average Bonchev–Trinajstić information content (AvgIpc) is 2.75. The van der Waals surface area contributed by atoms with E-state index in [0.717, 1.165) is 26.9 Å². The second-order valence-electron chi connectivity index (χ2n) is 4.55. The molecule has 3 rings (SSSR count). The number of hydrogen-bond acceptors (Lipinski definition) is 3. The molecular weight excluding hydrogens is 276 g/mol. The zero-order valence-corrected chi connectivity index (χ0v) is 12.3. The largest absolute Gasteiger partial charge is 0.330 e. The number of nitrogens with zero attached hydrogens (tertiary/aromatic N) is 1. The van der Waals surface area contributed by atoms with Gasteiger partial charge in [0.25, 0.3) is 0 Å². The number of hydrogen-bond donors (Lipinski definition) is 1. The predicted molar refractivity (Wildman–Crippen MR) is 83.8 cm³/mol. The van der Waals surface area contributed by atoms with Crippen LogP contribution in [0.2, 0.25) is 5.02 Å². The van der Waals surface area contributed by atoms with Crippen molar-refractivity contribution < 1.29 is 0 Å². The van der Waals surface area contributed by atoms with Gasteiger partial charge in [-0.1, -0.05) is 41.1 Å². The molecule has 0 aliphatic rings. The number of para-hydroxylation sites is 1. The van der Waals surface area contributed by atoms with E-state index in [0.29, 0.717) is 0 Å². The highest BCUT2D eigenvalue weighted by Crippen LogP contribution is 2.33. The molecule has 96 valence electrons. The van der Waals surface area contributed by atoms with Crippen molar-refractivity contribution in [1.82, 2.24) is 4.98 Å². The molecule has 0 saturated carbocycles. The summed E-state index contributed by atoms with van der Waals surface area (Å²) in [5.41, 5.74) is 4.31. The molecule has 0 saturated heterocycles. The number of nitrogens with one attached hydrogen (secondary N) is 1. The molecule has 0 unspecified atom stereocenters. The third-order valence-electron chi connectivity index (χ3n) is 3.00. The van der Waals surface area contributed by atoms with Crippen LogP contribution >= 0.6 is 22.9 Å². The molecule has 0 aliphatic carbocycles. The third-order valence-corrected chi connectivity index (χ3v) is 4.25. The third kappa shape index (κ3) is 2.44. The minimum absolute atomic E-state index is 0.718. The van der Waals surface area contributed by atoms with Crippen LogP contribution in [0.15, 0.2) is 36.4 Å². The number of anilines is 2. The monoisotopic (exact) mass is 288 g/mol. The summed E-state index contributed by atoms with van der Waals surface area (Å²) in [6.07, 6.45) is 0. The number of fused-ring (bicyclic) bond motifs is 1. The van der Waals surface area contributed by atoms with E-state index in [-0.39, 0.29) is 0 Å². The van der Waals surface area contributed by atoms with Crippen LogP contribution in [0.3, 0.4) is 0 Å². The number of rotatable bonds is 2. The number of benzene rings is 2. The van der Waals surface area contributed by atoms with Gasteiger partial charge in [-0.25, -0.2) is 4.98 Å². The summed E-state index contributed by atoms with van der Waals surface area (Å²) in [7, 11) is 0. The maximum atomic E-state index is 6.22. The van der Waals surface area contributed by atoms with Crippen molar-refractivity contribution in [1.29, 1.82) is 0 Å². The minimum atomic E-state index is 0.718. The maximum Gasteiger partial charge on any atom is 0.188 e. The molecule has 0 bridgehead atoms. The molecule has 19 heavy (non-hydrogen) atoms. The lowest BCUT2D eigenvalue weighted by Gasteiger charge is -2.08. The first-order valence-corrected chi connectivity index (χ1v) is 7.22. The predicted octanol–water partition coefficient (Wildman–Crippen LogP) is 5.31. The molecule has 2 nitrogen and oxygen atoms in total. The van der Waals surface area contributed by atoms with E-state index < -0.39 is 0 Å². The van der Waals surface area contributed by atoms with Crippen molar-refractivity contribution in [3.05, 3.63) is 52.5 Å². The van der Waals surface area contributed by atoms with Gasteiger partial charge < -0.3 is 5.32 Å². The van der Waals surface area contributed by atoms with Crippen LogP contribution in [0.4, 0.5) is 10.8 Å². The van der Waals surface area contributed by atoms with Crippen LogP contribution in [0, 0.1) is 13.8 Å². The van der Waals surface area contributed by atoms with Crippen LogP contribution in [0.25, 0.3) is 10.2 Å². The fourth-order valence-electron chi connectivity index (χ4n) is 1.98. The summed E-state index contributed by atoms with van der Waals surface area (Å²) < 4.78 is 1.19. The second-order valence-corrected chi connectivity index (χ2v) is 5.98. The fraction of sp³-hybridized carbons (Fsp3) is 0.133. The highest BCUT2D eigenvalue weighted by atomic mass is 35.5. The van der Waals surface area contributed by atoms with Gasteiger partial charge in [0.15, 0.2) is 5.13 Å². The minimum Gasteiger partial charge on any atom is -0.330 e. The molecule has 0 spiro atoms. The van der Waals surface area contributed by atoms with Crippen LogP contribution < -0.4 is 5.32 Å². The highest BCUT2D eigenvalue weighted by Gasteiger charge is 2.08. The molecule has 0 atom stereocenters. The zero-order valence-electron chi connectivity index (χ0n) is 10.7. The van der Waals surface area contributed by atoms with E-state index in [1.165, 1.54) is 10.3 Å². The van der Waals surface area contributed by atoms with Gasteiger partial charge in [0, 0.05) is 0 Å². The summed E-state index contributed by atoms with van der Waals surface area (Å²) in [5, 5.41) is 4.91. The van der Waals surface area contributed by atoms with Crippen molar-refractivity contribution in [2.45, 2.75) is 13.8 Å². The summed E-state index contributed by atoms with van der Waals surface area (Å²) in [5.74, 6) is 0. The summed E-state index contributed by atoms with van der Waals surface area (Å²) >= 11 is 7.86. The molecule has 2 aromatic carbocycles. The quantitative estimate of drug-likeness (QED) is 0.691. The molecule has 4 heteroatoms. The van der Waals surface area contributed by atoms with Crippen molar-refractivity contribution >= 4 is 44.0 Å². The van der Waals surface area contributed by atoms with Crippen LogP contribution in [0.1, 0.15) is 11.1 Å². The fourth-order valence-corrected chi connectivity index (χ4v) is 3.22. The molecule has 1 N–H and O–H groups in total. The zero-order chi connectivity index (χ0) is 13.4. The van der Waals surface area contributed by atoms with Gasteiger partial charge in [-0.2, -0.15) is 0 Å². The standard InChI is InChI=1S/C15H13ClN2S/c1-9-6-7-12-13(8-9)19-15(17-12)18-14-10(2)4-3-5-11(14)16/h3-8H,1-2H3,(H,17,18). The molecule has 0 radical (unpaired) electrons. The van der Waals surface area contributed by atoms with Crippen LogP contribution in [-0.2, 0) is 0 Å². The van der Waals surface area contributed by atoms with Gasteiger partial charge in [0.1, 0.15) is 0 Å². The smallest absolute Gasteiger partial charge is 0.188 e. The van der Waals surface area contributed by atoms with Crippen molar-refractivity contribution in [3.8, 4) is 0 Å². The van der Waals surface area contributed by atoms with E-state index in [4.69, 9.17) is 11.6 Å². The molecule has 1 aromatic heterocycles. The van der Waals surface area contributed by atoms with Crippen molar-refractivity contribution in [2.24, 2.45) is 0 Å². The van der Waals surface area contributed by atoms with E-state index >= 15 is 0 Å². The Bertz CT molecular complexity index is 729. The molecule has 0 amide bonds. The van der Waals surface area contributed by atoms with Crippen molar-refractivity contribution in [2.75, 3.05) is 5.32 Å². The molecule has 0 fully saturated rings. The highest BCUT2D eigenvalue weighted by molar-refractivity contribution is 7.22. The SMILES string of the molecule is Cc1ccc2nc(Nc3c(C)cccc3Cl)sc2c1. The van der Waals surface area contributed by atoms with Gasteiger partial charge in [0.05, 0.1) is 20.9 Å². The maximum absolute atomic E-state index is 6.22. The van der Waals surface area contributed by atoms with Crippen LogP contribution in [0.5, 0.6) is 0 Å². The Balaban J connectivity index is 2.01. The van der Waals surface area contributed by atoms with Gasteiger partial charge in [-0.3, -0.25) is 0 Å². The summed E-state index contributed by atoms with van der Waals surface area (Å²) in [4.78, 5) is 4.58. The van der Waals surface area contributed by atoms with Gasteiger partial charge in [-0.15, -0.1) is 0 Å². The molecule has 1 heterocycles. The number of aryl methyl sites for hydroxylation is 2. The first-order chi connectivity index (χ1) is 9.13. The summed E-state index contributed by atoms with van der Waals surface area (Å²) in [6, 6.07) is 12.1. The normalized spacial score (nSPS) is 10.9. The van der Waals surface area contributed by atoms with E-state index in [1.54, 1.807) is 11.3 Å². The number of aromatic nitrogens is 1. The lowest BCUT2D eigenvalue weighted by Crippen LogP contribution is -1.93. The van der Waals surface area contributed by atoms with Gasteiger partial charge in [0.2, 0.25) is 0 Å². The van der Waals surface area contributed by atoms with Gasteiger partial charge in [-0.05, 0) is 43.2 Å². The first kappa shape index (κ1) is 12.5. The Kier molecular flexibility index (Phi) is 3.17. The molecular formula is C15H13ClN2S. The Morgan fingerprint density at radius 2 is 2.00 bits per heavy atom. The second kappa shape index (κ2) is 4.83. The topological polar surface area (TPSA) is 24.9 Å². The number of halogens is 1. The van der Waals surface area contributed by atoms with Crippen molar-refractivity contribution in [3.63, 3.8) is 0 Å². The van der Waals surface area contributed by atoms with E-state index in [9.17, 15) is 0 Å². The Morgan fingerprint density at radius 3 is 2.79 bits per heavy atom. The lowest BCUT2D eigenvalue weighted by molar-refractivity contribution is 1.39. The van der Waals surface area contributed by atoms with E-state index in [1.807, 2.05) is 31.2 Å². The number of thiazole rings is 1. The Hall–Kier alpha value is -1.58. The summed E-state index contributed by atoms with van der Waals surface area (Å²) in [6.45, 7) is 4.12. The molecule has 0 aliphatic heterocycles. The van der Waals surface area contributed by atoms with E-state index in [2.05, 4.69) is 29.4 Å². The molecule has 3 aromatic rings. The van der Waals surface area contributed by atoms with Crippen LogP contribution in [-0.4, -0.2) is 4.98 Å². The lowest BCUT2D eigenvalue weighted by atomic mass is 10.2. The Labute approximate surface area is 121 Å². The first-order valence-electron chi connectivity index (χ1n) is 6.03. The average molecular weight is 289 g/mol.